The number of piperazine rings is 1. The Morgan fingerprint density at radius 2 is 1.95 bits per heavy atom. The fourth-order valence-corrected chi connectivity index (χ4v) is 2.88. The van der Waals surface area contributed by atoms with Gasteiger partial charge in [-0.25, -0.2) is 4.79 Å². The van der Waals surface area contributed by atoms with Crippen LogP contribution in [0.4, 0.5) is 0 Å². The molecule has 0 aromatic heterocycles. The number of amides is 2. The van der Waals surface area contributed by atoms with Crippen molar-refractivity contribution in [3.63, 3.8) is 0 Å². The summed E-state index contributed by atoms with van der Waals surface area (Å²) in [5, 5.41) is 11.6. The maximum atomic E-state index is 12.2. The van der Waals surface area contributed by atoms with E-state index in [0.29, 0.717) is 12.3 Å². The molecule has 1 unspecified atom stereocenters. The van der Waals surface area contributed by atoms with E-state index in [2.05, 4.69) is 5.32 Å². The fraction of sp³-hybridized carbons (Fsp3) is 0.769. The van der Waals surface area contributed by atoms with E-state index in [1.165, 1.54) is 11.3 Å². The van der Waals surface area contributed by atoms with Gasteiger partial charge in [0.1, 0.15) is 12.6 Å². The number of carbonyl (C=O) groups is 3. The van der Waals surface area contributed by atoms with Crippen LogP contribution < -0.4 is 5.32 Å². The summed E-state index contributed by atoms with van der Waals surface area (Å²) in [7, 11) is 0. The molecule has 1 heterocycles. The lowest BCUT2D eigenvalue weighted by atomic mass is 9.86. The Balaban J connectivity index is 1.97. The predicted octanol–water partition coefficient (Wildman–Crippen LogP) is 0.368. The van der Waals surface area contributed by atoms with E-state index in [-0.39, 0.29) is 24.9 Å². The smallest absolute Gasteiger partial charge is 0.328 e. The van der Waals surface area contributed by atoms with E-state index < -0.39 is 12.0 Å². The molecule has 1 saturated carbocycles. The van der Waals surface area contributed by atoms with Gasteiger partial charge in [0.2, 0.25) is 11.8 Å². The number of nitrogens with zero attached hydrogens (tertiary/aromatic N) is 1. The molecule has 19 heavy (non-hydrogen) atoms. The molecular formula is C13H20N2O4. The van der Waals surface area contributed by atoms with Crippen LogP contribution in [-0.4, -0.2) is 46.9 Å². The third-order valence-electron chi connectivity index (χ3n) is 3.98. The molecule has 1 saturated heterocycles. The molecule has 6 nitrogen and oxygen atoms in total. The van der Waals surface area contributed by atoms with E-state index in [9.17, 15) is 14.4 Å². The van der Waals surface area contributed by atoms with E-state index in [0.717, 1.165) is 25.7 Å². The van der Waals surface area contributed by atoms with Crippen LogP contribution in [0.15, 0.2) is 0 Å². The minimum absolute atomic E-state index is 0.00454. The van der Waals surface area contributed by atoms with Crippen molar-refractivity contribution < 1.29 is 19.5 Å². The predicted molar refractivity (Wildman–Crippen MR) is 67.3 cm³/mol. The SMILES string of the molecule is O=C1CN(C(=O)CC2CCCCC2)C(C(=O)O)CN1. The number of aliphatic carboxylic acids is 1. The number of rotatable bonds is 3. The standard InChI is InChI=1S/C13H20N2O4/c16-11-8-15(10(7-14-11)13(18)19)12(17)6-9-4-2-1-3-5-9/h9-10H,1-8H2,(H,14,16)(H,18,19). The summed E-state index contributed by atoms with van der Waals surface area (Å²) < 4.78 is 0. The van der Waals surface area contributed by atoms with Crippen LogP contribution in [0.2, 0.25) is 0 Å². The highest BCUT2D eigenvalue weighted by Gasteiger charge is 2.35. The molecule has 0 bridgehead atoms. The van der Waals surface area contributed by atoms with Crippen LogP contribution >= 0.6 is 0 Å². The molecule has 6 heteroatoms. The van der Waals surface area contributed by atoms with Crippen LogP contribution in [0.3, 0.4) is 0 Å². The lowest BCUT2D eigenvalue weighted by molar-refractivity contribution is -0.154. The largest absolute Gasteiger partial charge is 0.480 e. The van der Waals surface area contributed by atoms with Crippen molar-refractivity contribution in [3.05, 3.63) is 0 Å². The van der Waals surface area contributed by atoms with Crippen LogP contribution in [-0.2, 0) is 14.4 Å². The summed E-state index contributed by atoms with van der Waals surface area (Å²) in [6.45, 7) is -0.132. The maximum Gasteiger partial charge on any atom is 0.328 e. The number of hydrogen-bond donors (Lipinski definition) is 2. The Labute approximate surface area is 112 Å². The first-order valence-electron chi connectivity index (χ1n) is 6.87. The third-order valence-corrected chi connectivity index (χ3v) is 3.98. The molecule has 2 amide bonds. The summed E-state index contributed by atoms with van der Waals surface area (Å²) in [5.41, 5.74) is 0. The molecule has 1 aliphatic carbocycles. The van der Waals surface area contributed by atoms with Gasteiger partial charge in [-0.15, -0.1) is 0 Å². The highest BCUT2D eigenvalue weighted by molar-refractivity contribution is 5.91. The first-order valence-corrected chi connectivity index (χ1v) is 6.87. The molecule has 1 aliphatic heterocycles. The summed E-state index contributed by atoms with van der Waals surface area (Å²) in [6.07, 6.45) is 5.93. The number of hydrogen-bond acceptors (Lipinski definition) is 3. The second-order valence-electron chi connectivity index (χ2n) is 5.39. The van der Waals surface area contributed by atoms with Crippen molar-refractivity contribution >= 4 is 17.8 Å². The second kappa shape index (κ2) is 6.04. The molecule has 2 fully saturated rings. The molecule has 2 rings (SSSR count). The number of carbonyl (C=O) groups excluding carboxylic acids is 2. The maximum absolute atomic E-state index is 12.2. The van der Waals surface area contributed by atoms with Gasteiger partial charge < -0.3 is 15.3 Å². The van der Waals surface area contributed by atoms with Crippen LogP contribution in [0, 0.1) is 5.92 Å². The number of carboxylic acid groups (broad SMARTS) is 1. The molecule has 0 radical (unpaired) electrons. The summed E-state index contributed by atoms with van der Waals surface area (Å²) in [4.78, 5) is 35.9. The fourth-order valence-electron chi connectivity index (χ4n) is 2.88. The quantitative estimate of drug-likeness (QED) is 0.774. The zero-order valence-corrected chi connectivity index (χ0v) is 10.9. The van der Waals surface area contributed by atoms with Gasteiger partial charge in [0.15, 0.2) is 0 Å². The first kappa shape index (κ1) is 13.8. The van der Waals surface area contributed by atoms with Crippen LogP contribution in [0.25, 0.3) is 0 Å². The molecule has 0 spiro atoms. The van der Waals surface area contributed by atoms with Crippen molar-refractivity contribution in [1.29, 1.82) is 0 Å². The van der Waals surface area contributed by atoms with Crippen LogP contribution in [0.1, 0.15) is 38.5 Å². The topological polar surface area (TPSA) is 86.7 Å². The Kier molecular flexibility index (Phi) is 4.39. The Morgan fingerprint density at radius 1 is 1.26 bits per heavy atom. The van der Waals surface area contributed by atoms with E-state index >= 15 is 0 Å². The van der Waals surface area contributed by atoms with Crippen LogP contribution in [0.5, 0.6) is 0 Å². The molecular weight excluding hydrogens is 248 g/mol. The van der Waals surface area contributed by atoms with Crippen molar-refractivity contribution in [2.75, 3.05) is 13.1 Å². The van der Waals surface area contributed by atoms with Gasteiger partial charge in [0.05, 0.1) is 0 Å². The minimum atomic E-state index is -1.06. The Morgan fingerprint density at radius 3 is 2.58 bits per heavy atom. The minimum Gasteiger partial charge on any atom is -0.480 e. The van der Waals surface area contributed by atoms with Crippen molar-refractivity contribution in [1.82, 2.24) is 10.2 Å². The zero-order valence-electron chi connectivity index (χ0n) is 10.9. The summed E-state index contributed by atoms with van der Waals surface area (Å²) in [6, 6.07) is -0.922. The second-order valence-corrected chi connectivity index (χ2v) is 5.39. The average Bonchev–Trinajstić information content (AvgIpc) is 2.39. The van der Waals surface area contributed by atoms with Gasteiger partial charge in [0, 0.05) is 13.0 Å². The molecule has 2 N–H and O–H groups in total. The van der Waals surface area contributed by atoms with Gasteiger partial charge in [0.25, 0.3) is 0 Å². The van der Waals surface area contributed by atoms with Gasteiger partial charge in [-0.1, -0.05) is 19.3 Å². The van der Waals surface area contributed by atoms with E-state index in [1.807, 2.05) is 0 Å². The van der Waals surface area contributed by atoms with Gasteiger partial charge in [-0.2, -0.15) is 0 Å². The number of carboxylic acids is 1. The van der Waals surface area contributed by atoms with Crippen molar-refractivity contribution in [3.8, 4) is 0 Å². The molecule has 1 atom stereocenters. The lowest BCUT2D eigenvalue weighted by Crippen LogP contribution is -2.59. The number of nitrogens with one attached hydrogen (secondary N) is 1. The van der Waals surface area contributed by atoms with Gasteiger partial charge in [-0.3, -0.25) is 9.59 Å². The monoisotopic (exact) mass is 268 g/mol. The van der Waals surface area contributed by atoms with Crippen molar-refractivity contribution in [2.45, 2.75) is 44.6 Å². The zero-order chi connectivity index (χ0) is 13.8. The summed E-state index contributed by atoms with van der Waals surface area (Å²) >= 11 is 0. The Hall–Kier alpha value is -1.59. The highest BCUT2D eigenvalue weighted by atomic mass is 16.4. The van der Waals surface area contributed by atoms with E-state index in [4.69, 9.17) is 5.11 Å². The highest BCUT2D eigenvalue weighted by Crippen LogP contribution is 2.27. The first-order chi connectivity index (χ1) is 9.08. The summed E-state index contributed by atoms with van der Waals surface area (Å²) in [5.74, 6) is -1.19. The normalized spacial score (nSPS) is 24.9. The molecule has 0 aromatic rings. The lowest BCUT2D eigenvalue weighted by Gasteiger charge is -2.34. The average molecular weight is 268 g/mol. The molecule has 106 valence electrons. The van der Waals surface area contributed by atoms with Gasteiger partial charge >= 0.3 is 5.97 Å². The molecule has 0 aromatic carbocycles. The van der Waals surface area contributed by atoms with Gasteiger partial charge in [-0.05, 0) is 18.8 Å². The van der Waals surface area contributed by atoms with Crippen molar-refractivity contribution in [2.24, 2.45) is 5.92 Å². The third kappa shape index (κ3) is 3.45. The van der Waals surface area contributed by atoms with E-state index in [1.54, 1.807) is 0 Å². The molecule has 2 aliphatic rings. The Bertz CT molecular complexity index is 377.